The molecule has 2 aliphatic heterocycles. The van der Waals surface area contributed by atoms with Gasteiger partial charge in [-0.15, -0.1) is 0 Å². The standard InChI is InChI=1S/C21H34N4O3/c26-21(22-18-9-12-27-13-10-18)25-11-5-6-16(15-25)14-19-23-20(24-28-19)17-7-3-1-2-4-8-17/h16-18H,1-15H2,(H,22,26). The smallest absolute Gasteiger partial charge is 0.317 e. The zero-order valence-electron chi connectivity index (χ0n) is 16.9. The van der Waals surface area contributed by atoms with Crippen LogP contribution < -0.4 is 5.32 Å². The Balaban J connectivity index is 1.28. The molecule has 7 heteroatoms. The van der Waals surface area contributed by atoms with Crippen molar-refractivity contribution in [1.82, 2.24) is 20.4 Å². The highest BCUT2D eigenvalue weighted by Gasteiger charge is 2.28. The topological polar surface area (TPSA) is 80.5 Å². The number of aromatic nitrogens is 2. The Morgan fingerprint density at radius 3 is 2.61 bits per heavy atom. The molecule has 3 fully saturated rings. The summed E-state index contributed by atoms with van der Waals surface area (Å²) >= 11 is 0. The van der Waals surface area contributed by atoms with E-state index in [1.165, 1.54) is 38.5 Å². The monoisotopic (exact) mass is 390 g/mol. The van der Waals surface area contributed by atoms with Gasteiger partial charge in [0.25, 0.3) is 0 Å². The Bertz CT molecular complexity index is 621. The third-order valence-corrected chi connectivity index (χ3v) is 6.52. The first-order valence-corrected chi connectivity index (χ1v) is 11.2. The predicted molar refractivity (Wildman–Crippen MR) is 105 cm³/mol. The number of carbonyl (C=O) groups is 1. The second kappa shape index (κ2) is 9.72. The van der Waals surface area contributed by atoms with Crippen LogP contribution in [0.25, 0.3) is 0 Å². The number of nitrogens with zero attached hydrogens (tertiary/aromatic N) is 3. The van der Waals surface area contributed by atoms with Gasteiger partial charge in [0.05, 0.1) is 0 Å². The number of urea groups is 1. The SMILES string of the molecule is O=C(NC1CCOCC1)N1CCCC(Cc2nc(C3CCCCCC3)no2)C1. The molecule has 0 aromatic carbocycles. The van der Waals surface area contributed by atoms with Crippen molar-refractivity contribution in [3.8, 4) is 0 Å². The van der Waals surface area contributed by atoms with Crippen LogP contribution in [0, 0.1) is 5.92 Å². The lowest BCUT2D eigenvalue weighted by atomic mass is 9.95. The summed E-state index contributed by atoms with van der Waals surface area (Å²) in [6.07, 6.45) is 12.3. The maximum Gasteiger partial charge on any atom is 0.317 e. The number of piperidine rings is 1. The highest BCUT2D eigenvalue weighted by Crippen LogP contribution is 2.30. The van der Waals surface area contributed by atoms with Gasteiger partial charge in [-0.05, 0) is 44.4 Å². The molecule has 4 rings (SSSR count). The van der Waals surface area contributed by atoms with Crippen molar-refractivity contribution in [2.75, 3.05) is 26.3 Å². The van der Waals surface area contributed by atoms with E-state index >= 15 is 0 Å². The second-order valence-corrected chi connectivity index (χ2v) is 8.73. The van der Waals surface area contributed by atoms with E-state index in [4.69, 9.17) is 14.2 Å². The van der Waals surface area contributed by atoms with Gasteiger partial charge in [-0.3, -0.25) is 0 Å². The third kappa shape index (κ3) is 5.25. The maximum absolute atomic E-state index is 12.6. The number of hydrogen-bond acceptors (Lipinski definition) is 5. The van der Waals surface area contributed by atoms with Gasteiger partial charge in [0, 0.05) is 44.7 Å². The average molecular weight is 391 g/mol. The van der Waals surface area contributed by atoms with Crippen LogP contribution in [0.1, 0.15) is 81.8 Å². The van der Waals surface area contributed by atoms with Crippen LogP contribution in [0.2, 0.25) is 0 Å². The molecule has 0 spiro atoms. The summed E-state index contributed by atoms with van der Waals surface area (Å²) < 4.78 is 11.0. The van der Waals surface area contributed by atoms with Gasteiger partial charge in [-0.1, -0.05) is 30.8 Å². The first-order chi connectivity index (χ1) is 13.8. The van der Waals surface area contributed by atoms with E-state index in [9.17, 15) is 4.79 Å². The molecule has 2 saturated heterocycles. The molecule has 1 unspecified atom stereocenters. The number of ether oxygens (including phenoxy) is 1. The normalized spacial score (nSPS) is 25.4. The molecule has 156 valence electrons. The van der Waals surface area contributed by atoms with Crippen molar-refractivity contribution in [3.63, 3.8) is 0 Å². The molecule has 7 nitrogen and oxygen atoms in total. The summed E-state index contributed by atoms with van der Waals surface area (Å²) in [7, 11) is 0. The summed E-state index contributed by atoms with van der Waals surface area (Å²) in [5.41, 5.74) is 0. The van der Waals surface area contributed by atoms with E-state index in [2.05, 4.69) is 10.5 Å². The average Bonchev–Trinajstić information content (AvgIpc) is 3.01. The molecule has 0 bridgehead atoms. The van der Waals surface area contributed by atoms with Crippen LogP contribution in [0.5, 0.6) is 0 Å². The van der Waals surface area contributed by atoms with E-state index < -0.39 is 0 Å². The van der Waals surface area contributed by atoms with Crippen LogP contribution in [0.15, 0.2) is 4.52 Å². The van der Waals surface area contributed by atoms with Gasteiger partial charge in [-0.25, -0.2) is 4.79 Å². The minimum absolute atomic E-state index is 0.0706. The number of amides is 2. The molecule has 3 heterocycles. The number of hydrogen-bond donors (Lipinski definition) is 1. The van der Waals surface area contributed by atoms with Crippen LogP contribution >= 0.6 is 0 Å². The predicted octanol–water partition coefficient (Wildman–Crippen LogP) is 3.65. The van der Waals surface area contributed by atoms with Gasteiger partial charge >= 0.3 is 6.03 Å². The van der Waals surface area contributed by atoms with Crippen molar-refractivity contribution in [1.29, 1.82) is 0 Å². The Labute approximate surface area is 167 Å². The van der Waals surface area contributed by atoms with Crippen LogP contribution in [0.4, 0.5) is 4.79 Å². The number of likely N-dealkylation sites (tertiary alicyclic amines) is 1. The fourth-order valence-electron chi connectivity index (χ4n) is 4.83. The van der Waals surface area contributed by atoms with Crippen LogP contribution in [-0.2, 0) is 11.2 Å². The van der Waals surface area contributed by atoms with Crippen molar-refractivity contribution in [2.24, 2.45) is 5.92 Å². The Kier molecular flexibility index (Phi) is 6.83. The molecule has 1 saturated carbocycles. The number of carbonyl (C=O) groups excluding carboxylic acids is 1. The largest absolute Gasteiger partial charge is 0.381 e. The number of rotatable bonds is 4. The summed E-state index contributed by atoms with van der Waals surface area (Å²) in [6.45, 7) is 3.10. The van der Waals surface area contributed by atoms with Gasteiger partial charge < -0.3 is 19.5 Å². The maximum atomic E-state index is 12.6. The fourth-order valence-corrected chi connectivity index (χ4v) is 4.83. The molecule has 1 N–H and O–H groups in total. The molecule has 1 aromatic rings. The minimum atomic E-state index is 0.0706. The number of nitrogens with one attached hydrogen (secondary N) is 1. The fraction of sp³-hybridized carbons (Fsp3) is 0.857. The molecule has 1 atom stereocenters. The molecular formula is C21H34N4O3. The zero-order valence-corrected chi connectivity index (χ0v) is 16.9. The van der Waals surface area contributed by atoms with Crippen molar-refractivity contribution >= 4 is 6.03 Å². The van der Waals surface area contributed by atoms with E-state index in [0.29, 0.717) is 11.8 Å². The third-order valence-electron chi connectivity index (χ3n) is 6.52. The van der Waals surface area contributed by atoms with Gasteiger partial charge in [0.15, 0.2) is 5.82 Å². The highest BCUT2D eigenvalue weighted by atomic mass is 16.5. The lowest BCUT2D eigenvalue weighted by Crippen LogP contribution is -2.50. The Morgan fingerprint density at radius 2 is 1.82 bits per heavy atom. The molecule has 28 heavy (non-hydrogen) atoms. The lowest BCUT2D eigenvalue weighted by Gasteiger charge is -2.34. The van der Waals surface area contributed by atoms with Gasteiger partial charge in [-0.2, -0.15) is 4.98 Å². The first kappa shape index (κ1) is 19.7. The molecule has 1 aromatic heterocycles. The molecule has 0 radical (unpaired) electrons. The van der Waals surface area contributed by atoms with Gasteiger partial charge in [0.1, 0.15) is 0 Å². The Morgan fingerprint density at radius 1 is 1.04 bits per heavy atom. The molecular weight excluding hydrogens is 356 g/mol. The van der Waals surface area contributed by atoms with E-state index in [1.807, 2.05) is 4.90 Å². The summed E-state index contributed by atoms with van der Waals surface area (Å²) in [5.74, 6) is 2.52. The zero-order chi connectivity index (χ0) is 19.2. The van der Waals surface area contributed by atoms with E-state index in [0.717, 1.165) is 70.1 Å². The quantitative estimate of drug-likeness (QED) is 0.794. The highest BCUT2D eigenvalue weighted by molar-refractivity contribution is 5.74. The van der Waals surface area contributed by atoms with E-state index in [1.54, 1.807) is 0 Å². The van der Waals surface area contributed by atoms with Crippen molar-refractivity contribution in [3.05, 3.63) is 11.7 Å². The van der Waals surface area contributed by atoms with Crippen LogP contribution in [0.3, 0.4) is 0 Å². The van der Waals surface area contributed by atoms with Crippen LogP contribution in [-0.4, -0.2) is 53.4 Å². The summed E-state index contributed by atoms with van der Waals surface area (Å²) in [5, 5.41) is 7.47. The van der Waals surface area contributed by atoms with E-state index in [-0.39, 0.29) is 12.1 Å². The Hall–Kier alpha value is -1.63. The second-order valence-electron chi connectivity index (χ2n) is 8.73. The lowest BCUT2D eigenvalue weighted by molar-refractivity contribution is 0.0767. The molecule has 1 aliphatic carbocycles. The molecule has 2 amide bonds. The van der Waals surface area contributed by atoms with Crippen molar-refractivity contribution < 1.29 is 14.1 Å². The first-order valence-electron chi connectivity index (χ1n) is 11.2. The molecule has 3 aliphatic rings. The van der Waals surface area contributed by atoms with Gasteiger partial charge in [0.2, 0.25) is 5.89 Å². The summed E-state index contributed by atoms with van der Waals surface area (Å²) in [6, 6.07) is 0.320. The van der Waals surface area contributed by atoms with Crippen molar-refractivity contribution in [2.45, 2.75) is 82.6 Å². The minimum Gasteiger partial charge on any atom is -0.381 e. The summed E-state index contributed by atoms with van der Waals surface area (Å²) in [4.78, 5) is 19.3.